The Bertz CT molecular complexity index is 644. The SMILES string of the molecule is CCCCNC(=O)c1cccn1-c1nnc(N2CCCCC2)s1. The fourth-order valence-electron chi connectivity index (χ4n) is 2.72. The first kappa shape index (κ1) is 16.0. The van der Waals surface area contributed by atoms with Gasteiger partial charge in [-0.1, -0.05) is 24.7 Å². The number of unbranched alkanes of at least 4 members (excludes halogenated alkanes) is 1. The molecule has 0 aromatic carbocycles. The van der Waals surface area contributed by atoms with Crippen molar-refractivity contribution in [2.75, 3.05) is 24.5 Å². The van der Waals surface area contributed by atoms with E-state index in [0.717, 1.165) is 36.2 Å². The zero-order valence-corrected chi connectivity index (χ0v) is 14.3. The number of nitrogens with one attached hydrogen (secondary N) is 1. The smallest absolute Gasteiger partial charge is 0.268 e. The van der Waals surface area contributed by atoms with Crippen LogP contribution in [-0.2, 0) is 0 Å². The highest BCUT2D eigenvalue weighted by atomic mass is 32.1. The summed E-state index contributed by atoms with van der Waals surface area (Å²) in [4.78, 5) is 14.6. The molecule has 1 saturated heterocycles. The highest BCUT2D eigenvalue weighted by molar-refractivity contribution is 7.17. The monoisotopic (exact) mass is 333 g/mol. The van der Waals surface area contributed by atoms with Crippen molar-refractivity contribution in [1.29, 1.82) is 0 Å². The number of nitrogens with zero attached hydrogens (tertiary/aromatic N) is 4. The van der Waals surface area contributed by atoms with E-state index in [0.29, 0.717) is 12.2 Å². The van der Waals surface area contributed by atoms with Crippen molar-refractivity contribution >= 4 is 22.4 Å². The van der Waals surface area contributed by atoms with Gasteiger partial charge in [-0.2, -0.15) is 0 Å². The molecule has 0 radical (unpaired) electrons. The summed E-state index contributed by atoms with van der Waals surface area (Å²) in [6.45, 7) is 4.91. The zero-order valence-electron chi connectivity index (χ0n) is 13.5. The normalized spacial score (nSPS) is 14.9. The Morgan fingerprint density at radius 2 is 2.04 bits per heavy atom. The average Bonchev–Trinajstić information content (AvgIpc) is 3.25. The van der Waals surface area contributed by atoms with Gasteiger partial charge in [-0.15, -0.1) is 10.2 Å². The largest absolute Gasteiger partial charge is 0.351 e. The molecule has 0 atom stereocenters. The number of rotatable bonds is 6. The summed E-state index contributed by atoms with van der Waals surface area (Å²) in [5.74, 6) is -0.0572. The fraction of sp³-hybridized carbons (Fsp3) is 0.562. The van der Waals surface area contributed by atoms with Gasteiger partial charge in [0.15, 0.2) is 0 Å². The van der Waals surface area contributed by atoms with Crippen LogP contribution in [0.3, 0.4) is 0 Å². The van der Waals surface area contributed by atoms with E-state index in [9.17, 15) is 4.79 Å². The Morgan fingerprint density at radius 1 is 1.26 bits per heavy atom. The van der Waals surface area contributed by atoms with Gasteiger partial charge in [0.1, 0.15) is 5.69 Å². The van der Waals surface area contributed by atoms with Crippen molar-refractivity contribution in [1.82, 2.24) is 20.1 Å². The van der Waals surface area contributed by atoms with E-state index >= 15 is 0 Å². The lowest BCUT2D eigenvalue weighted by Gasteiger charge is -2.25. The number of carbonyl (C=O) groups excluding carboxylic acids is 1. The maximum atomic E-state index is 12.3. The molecule has 0 bridgehead atoms. The minimum atomic E-state index is -0.0572. The van der Waals surface area contributed by atoms with E-state index < -0.39 is 0 Å². The standard InChI is InChI=1S/C16H23N5OS/c1-2-3-9-17-14(22)13-8-7-12-21(13)16-19-18-15(23-16)20-10-5-4-6-11-20/h7-8,12H,2-6,9-11H2,1H3,(H,17,22). The summed E-state index contributed by atoms with van der Waals surface area (Å²) in [6, 6.07) is 3.69. The predicted molar refractivity (Wildman–Crippen MR) is 92.5 cm³/mol. The molecule has 0 spiro atoms. The Morgan fingerprint density at radius 3 is 2.83 bits per heavy atom. The van der Waals surface area contributed by atoms with Gasteiger partial charge in [0.25, 0.3) is 5.91 Å². The van der Waals surface area contributed by atoms with Crippen LogP contribution in [0.15, 0.2) is 18.3 Å². The van der Waals surface area contributed by atoms with E-state index in [4.69, 9.17) is 0 Å². The molecule has 1 fully saturated rings. The molecule has 1 N–H and O–H groups in total. The molecular weight excluding hydrogens is 310 g/mol. The summed E-state index contributed by atoms with van der Waals surface area (Å²) in [5.41, 5.74) is 0.613. The van der Waals surface area contributed by atoms with Gasteiger partial charge in [0.2, 0.25) is 10.3 Å². The molecule has 0 saturated carbocycles. The summed E-state index contributed by atoms with van der Waals surface area (Å²) in [7, 11) is 0. The lowest BCUT2D eigenvalue weighted by molar-refractivity contribution is 0.0946. The lowest BCUT2D eigenvalue weighted by atomic mass is 10.1. The molecule has 7 heteroatoms. The van der Waals surface area contributed by atoms with Crippen molar-refractivity contribution in [2.24, 2.45) is 0 Å². The molecule has 3 heterocycles. The van der Waals surface area contributed by atoms with Crippen LogP contribution in [0.4, 0.5) is 5.13 Å². The van der Waals surface area contributed by atoms with Gasteiger partial charge in [0.05, 0.1) is 0 Å². The minimum Gasteiger partial charge on any atom is -0.351 e. The number of aromatic nitrogens is 3. The lowest BCUT2D eigenvalue weighted by Crippen LogP contribution is -2.29. The first-order valence-electron chi connectivity index (χ1n) is 8.34. The predicted octanol–water partition coefficient (Wildman–Crippen LogP) is 2.85. The second kappa shape index (κ2) is 7.59. The molecule has 0 aliphatic carbocycles. The molecule has 124 valence electrons. The van der Waals surface area contributed by atoms with Crippen molar-refractivity contribution in [2.45, 2.75) is 39.0 Å². The third kappa shape index (κ3) is 3.72. The van der Waals surface area contributed by atoms with Crippen LogP contribution >= 0.6 is 11.3 Å². The van der Waals surface area contributed by atoms with Crippen LogP contribution in [0.2, 0.25) is 0 Å². The number of piperidine rings is 1. The molecule has 6 nitrogen and oxygen atoms in total. The molecule has 1 amide bonds. The van der Waals surface area contributed by atoms with Crippen LogP contribution < -0.4 is 10.2 Å². The summed E-state index contributed by atoms with van der Waals surface area (Å²) >= 11 is 1.54. The van der Waals surface area contributed by atoms with E-state index in [1.54, 1.807) is 11.3 Å². The molecule has 1 aliphatic heterocycles. The van der Waals surface area contributed by atoms with Gasteiger partial charge >= 0.3 is 0 Å². The van der Waals surface area contributed by atoms with Crippen LogP contribution in [-0.4, -0.2) is 40.3 Å². The Balaban J connectivity index is 1.73. The molecule has 23 heavy (non-hydrogen) atoms. The second-order valence-corrected chi connectivity index (χ2v) is 6.72. The van der Waals surface area contributed by atoms with E-state index in [1.165, 1.54) is 19.3 Å². The van der Waals surface area contributed by atoms with Gasteiger partial charge in [-0.25, -0.2) is 0 Å². The maximum Gasteiger partial charge on any atom is 0.268 e. The molecule has 1 aliphatic rings. The highest BCUT2D eigenvalue weighted by Crippen LogP contribution is 2.26. The third-order valence-corrected chi connectivity index (χ3v) is 5.02. The number of anilines is 1. The van der Waals surface area contributed by atoms with Crippen LogP contribution in [0.25, 0.3) is 5.13 Å². The summed E-state index contributed by atoms with van der Waals surface area (Å²) < 4.78 is 1.83. The Labute approximate surface area is 140 Å². The number of amides is 1. The van der Waals surface area contributed by atoms with Crippen LogP contribution in [0.1, 0.15) is 49.5 Å². The van der Waals surface area contributed by atoms with E-state index in [2.05, 4.69) is 27.3 Å². The van der Waals surface area contributed by atoms with Crippen LogP contribution in [0.5, 0.6) is 0 Å². The molecule has 0 unspecified atom stereocenters. The Kier molecular flexibility index (Phi) is 5.27. The van der Waals surface area contributed by atoms with Gasteiger partial charge in [-0.3, -0.25) is 9.36 Å². The first-order chi connectivity index (χ1) is 11.3. The third-order valence-electron chi connectivity index (χ3n) is 4.03. The zero-order chi connectivity index (χ0) is 16.1. The highest BCUT2D eigenvalue weighted by Gasteiger charge is 2.18. The van der Waals surface area contributed by atoms with Gasteiger partial charge in [-0.05, 0) is 37.8 Å². The van der Waals surface area contributed by atoms with Crippen molar-refractivity contribution in [3.63, 3.8) is 0 Å². The topological polar surface area (TPSA) is 63.1 Å². The number of carbonyl (C=O) groups is 1. The van der Waals surface area contributed by atoms with Gasteiger partial charge in [0, 0.05) is 25.8 Å². The maximum absolute atomic E-state index is 12.3. The molecule has 2 aromatic rings. The van der Waals surface area contributed by atoms with Gasteiger partial charge < -0.3 is 10.2 Å². The summed E-state index contributed by atoms with van der Waals surface area (Å²) in [6.07, 6.45) is 7.64. The van der Waals surface area contributed by atoms with Crippen molar-refractivity contribution in [3.05, 3.63) is 24.0 Å². The van der Waals surface area contributed by atoms with E-state index in [-0.39, 0.29) is 5.91 Å². The first-order valence-corrected chi connectivity index (χ1v) is 9.15. The molecular formula is C16H23N5OS. The summed E-state index contributed by atoms with van der Waals surface area (Å²) in [5, 5.41) is 13.2. The van der Waals surface area contributed by atoms with E-state index in [1.807, 2.05) is 22.9 Å². The average molecular weight is 333 g/mol. The van der Waals surface area contributed by atoms with Crippen molar-refractivity contribution < 1.29 is 4.79 Å². The minimum absolute atomic E-state index is 0.0572. The molecule has 3 rings (SSSR count). The Hall–Kier alpha value is -1.89. The quantitative estimate of drug-likeness (QED) is 0.826. The number of hydrogen-bond acceptors (Lipinski definition) is 5. The second-order valence-electron chi connectivity index (χ2n) is 5.79. The van der Waals surface area contributed by atoms with Crippen molar-refractivity contribution in [3.8, 4) is 5.13 Å². The molecule has 2 aromatic heterocycles. The fourth-order valence-corrected chi connectivity index (χ4v) is 3.62. The number of hydrogen-bond donors (Lipinski definition) is 1. The van der Waals surface area contributed by atoms with Crippen LogP contribution in [0, 0.1) is 0 Å².